The molecule has 0 radical (unpaired) electrons. The van der Waals surface area contributed by atoms with Gasteiger partial charge < -0.3 is 4.57 Å². The Bertz CT molecular complexity index is 869. The largest absolute Gasteiger partial charge is 0.421 e. The number of pyridine rings is 1. The minimum Gasteiger partial charge on any atom is -0.309 e. The lowest BCUT2D eigenvalue weighted by molar-refractivity contribution is -0.138. The van der Waals surface area contributed by atoms with E-state index < -0.39 is 17.3 Å². The van der Waals surface area contributed by atoms with E-state index in [1.54, 1.807) is 5.38 Å². The molecule has 0 aliphatic rings. The van der Waals surface area contributed by atoms with Crippen molar-refractivity contribution in [1.29, 1.82) is 0 Å². The minimum atomic E-state index is -4.66. The van der Waals surface area contributed by atoms with Crippen LogP contribution in [0.2, 0.25) is 0 Å². The SMILES string of the molecule is O=c1c(C(F)(F)F)cccn1Cc1csc(-c2ccccc2)n1. The topological polar surface area (TPSA) is 34.9 Å². The van der Waals surface area contributed by atoms with Crippen molar-refractivity contribution >= 4 is 11.3 Å². The highest BCUT2D eigenvalue weighted by Gasteiger charge is 2.34. The zero-order valence-corrected chi connectivity index (χ0v) is 12.6. The van der Waals surface area contributed by atoms with E-state index in [9.17, 15) is 18.0 Å². The maximum atomic E-state index is 12.8. The Morgan fingerprint density at radius 2 is 1.83 bits per heavy atom. The summed E-state index contributed by atoms with van der Waals surface area (Å²) in [5.41, 5.74) is -0.747. The molecule has 0 unspecified atom stereocenters. The van der Waals surface area contributed by atoms with Gasteiger partial charge in [-0.2, -0.15) is 13.2 Å². The molecule has 1 aromatic carbocycles. The van der Waals surface area contributed by atoms with Crippen molar-refractivity contribution in [3.05, 3.63) is 75.7 Å². The van der Waals surface area contributed by atoms with Gasteiger partial charge in [0.05, 0.1) is 12.2 Å². The molecule has 0 saturated heterocycles. The first-order valence-corrected chi connectivity index (χ1v) is 7.59. The van der Waals surface area contributed by atoms with Crippen LogP contribution >= 0.6 is 11.3 Å². The van der Waals surface area contributed by atoms with Crippen LogP contribution in [-0.4, -0.2) is 9.55 Å². The highest BCUT2D eigenvalue weighted by Crippen LogP contribution is 2.26. The quantitative estimate of drug-likeness (QED) is 0.723. The summed E-state index contributed by atoms with van der Waals surface area (Å²) in [6.45, 7) is 0.00604. The third kappa shape index (κ3) is 3.34. The number of thiazole rings is 1. The molecule has 23 heavy (non-hydrogen) atoms. The van der Waals surface area contributed by atoms with Crippen molar-refractivity contribution in [2.24, 2.45) is 0 Å². The molecule has 2 aromatic heterocycles. The molecule has 0 atom stereocenters. The Labute approximate surface area is 133 Å². The summed E-state index contributed by atoms with van der Waals surface area (Å²) in [6.07, 6.45) is -3.32. The molecule has 118 valence electrons. The zero-order chi connectivity index (χ0) is 16.4. The molecule has 0 N–H and O–H groups in total. The molecule has 0 fully saturated rings. The molecular formula is C16H11F3N2OS. The molecule has 0 saturated carbocycles. The van der Waals surface area contributed by atoms with Crippen molar-refractivity contribution in [2.45, 2.75) is 12.7 Å². The van der Waals surface area contributed by atoms with E-state index >= 15 is 0 Å². The van der Waals surface area contributed by atoms with Crippen LogP contribution in [0, 0.1) is 0 Å². The summed E-state index contributed by atoms with van der Waals surface area (Å²) in [7, 11) is 0. The van der Waals surface area contributed by atoms with Crippen LogP contribution in [-0.2, 0) is 12.7 Å². The lowest BCUT2D eigenvalue weighted by Gasteiger charge is -2.09. The average Bonchev–Trinajstić information content (AvgIpc) is 2.98. The molecule has 7 heteroatoms. The van der Waals surface area contributed by atoms with Crippen LogP contribution in [0.15, 0.2) is 58.8 Å². The highest BCUT2D eigenvalue weighted by atomic mass is 32.1. The summed E-state index contributed by atoms with van der Waals surface area (Å²) in [4.78, 5) is 16.3. The summed E-state index contributed by atoms with van der Waals surface area (Å²) in [5, 5.41) is 2.51. The molecule has 3 aromatic rings. The lowest BCUT2D eigenvalue weighted by Crippen LogP contribution is -2.28. The first kappa shape index (κ1) is 15.5. The molecule has 3 nitrogen and oxygen atoms in total. The number of alkyl halides is 3. The first-order valence-electron chi connectivity index (χ1n) is 6.71. The Morgan fingerprint density at radius 3 is 2.52 bits per heavy atom. The van der Waals surface area contributed by atoms with E-state index in [1.165, 1.54) is 23.6 Å². The van der Waals surface area contributed by atoms with Gasteiger partial charge >= 0.3 is 6.18 Å². The predicted octanol–water partition coefficient (Wildman–Crippen LogP) is 4.04. The van der Waals surface area contributed by atoms with E-state index in [0.29, 0.717) is 5.69 Å². The van der Waals surface area contributed by atoms with Gasteiger partial charge in [-0.15, -0.1) is 11.3 Å². The summed E-state index contributed by atoms with van der Waals surface area (Å²) in [5.74, 6) is 0. The van der Waals surface area contributed by atoms with Gasteiger partial charge in [-0.05, 0) is 12.1 Å². The predicted molar refractivity (Wildman–Crippen MR) is 82.4 cm³/mol. The van der Waals surface area contributed by atoms with Crippen LogP contribution in [0.3, 0.4) is 0 Å². The second-order valence-electron chi connectivity index (χ2n) is 4.86. The molecule has 0 amide bonds. The van der Waals surface area contributed by atoms with Crippen LogP contribution < -0.4 is 5.56 Å². The normalized spacial score (nSPS) is 11.6. The third-order valence-corrected chi connectivity index (χ3v) is 4.17. The number of halogens is 3. The highest BCUT2D eigenvalue weighted by molar-refractivity contribution is 7.13. The van der Waals surface area contributed by atoms with Gasteiger partial charge in [0, 0.05) is 17.1 Å². The van der Waals surface area contributed by atoms with Gasteiger partial charge in [0.2, 0.25) is 0 Å². The number of hydrogen-bond acceptors (Lipinski definition) is 3. The Morgan fingerprint density at radius 1 is 1.09 bits per heavy atom. The van der Waals surface area contributed by atoms with Crippen molar-refractivity contribution in [1.82, 2.24) is 9.55 Å². The number of benzene rings is 1. The smallest absolute Gasteiger partial charge is 0.309 e. The van der Waals surface area contributed by atoms with Crippen molar-refractivity contribution in [3.63, 3.8) is 0 Å². The van der Waals surface area contributed by atoms with Gasteiger partial charge in [-0.1, -0.05) is 30.3 Å². The van der Waals surface area contributed by atoms with Crippen LogP contribution in [0.5, 0.6) is 0 Å². The fourth-order valence-electron chi connectivity index (χ4n) is 2.14. The summed E-state index contributed by atoms with van der Waals surface area (Å²) < 4.78 is 39.3. The Hall–Kier alpha value is -2.41. The number of hydrogen-bond donors (Lipinski definition) is 0. The lowest BCUT2D eigenvalue weighted by atomic mass is 10.2. The molecule has 0 bridgehead atoms. The van der Waals surface area contributed by atoms with Gasteiger partial charge in [-0.25, -0.2) is 4.98 Å². The minimum absolute atomic E-state index is 0.00604. The molecule has 0 aliphatic heterocycles. The van der Waals surface area contributed by atoms with Crippen molar-refractivity contribution in [2.75, 3.05) is 0 Å². The molecule has 2 heterocycles. The molecule has 0 aliphatic carbocycles. The van der Waals surface area contributed by atoms with E-state index in [0.717, 1.165) is 21.2 Å². The van der Waals surface area contributed by atoms with Crippen molar-refractivity contribution < 1.29 is 13.2 Å². The Kier molecular flexibility index (Phi) is 4.04. The van der Waals surface area contributed by atoms with E-state index in [2.05, 4.69) is 4.98 Å². The second kappa shape index (κ2) is 6.00. The molecule has 3 rings (SSSR count). The van der Waals surface area contributed by atoms with Gasteiger partial charge in [0.1, 0.15) is 10.6 Å². The molecular weight excluding hydrogens is 325 g/mol. The molecule has 0 spiro atoms. The number of nitrogens with zero attached hydrogens (tertiary/aromatic N) is 2. The van der Waals surface area contributed by atoms with Crippen molar-refractivity contribution in [3.8, 4) is 10.6 Å². The van der Waals surface area contributed by atoms with Crippen LogP contribution in [0.4, 0.5) is 13.2 Å². The maximum Gasteiger partial charge on any atom is 0.421 e. The summed E-state index contributed by atoms with van der Waals surface area (Å²) >= 11 is 1.39. The third-order valence-electron chi connectivity index (χ3n) is 3.23. The van der Waals surface area contributed by atoms with E-state index in [4.69, 9.17) is 0 Å². The van der Waals surface area contributed by atoms with Gasteiger partial charge in [-0.3, -0.25) is 4.79 Å². The fraction of sp³-hybridized carbons (Fsp3) is 0.125. The maximum absolute atomic E-state index is 12.8. The zero-order valence-electron chi connectivity index (χ0n) is 11.7. The van der Waals surface area contributed by atoms with Gasteiger partial charge in [0.15, 0.2) is 0 Å². The average molecular weight is 336 g/mol. The monoisotopic (exact) mass is 336 g/mol. The number of aromatic nitrogens is 2. The summed E-state index contributed by atoms with van der Waals surface area (Å²) in [6, 6.07) is 11.5. The second-order valence-corrected chi connectivity index (χ2v) is 5.72. The van der Waals surface area contributed by atoms with E-state index in [-0.39, 0.29) is 6.54 Å². The fourth-order valence-corrected chi connectivity index (χ4v) is 2.96. The standard InChI is InChI=1S/C16H11F3N2OS/c17-16(18,19)13-7-4-8-21(15(13)22)9-12-10-23-14(20-12)11-5-2-1-3-6-11/h1-8,10H,9H2. The Balaban J connectivity index is 1.89. The first-order chi connectivity index (χ1) is 10.9. The van der Waals surface area contributed by atoms with Gasteiger partial charge in [0.25, 0.3) is 5.56 Å². The van der Waals surface area contributed by atoms with Crippen LogP contribution in [0.25, 0.3) is 10.6 Å². The number of rotatable bonds is 3. The van der Waals surface area contributed by atoms with Crippen LogP contribution in [0.1, 0.15) is 11.3 Å². The van der Waals surface area contributed by atoms with E-state index in [1.807, 2.05) is 30.3 Å².